The van der Waals surface area contributed by atoms with E-state index in [9.17, 15) is 18.0 Å². The maximum atomic E-state index is 14.2. The predicted octanol–water partition coefficient (Wildman–Crippen LogP) is 3.35. The highest BCUT2D eigenvalue weighted by Gasteiger charge is 2.45. The molecule has 1 atom stereocenters. The summed E-state index contributed by atoms with van der Waals surface area (Å²) in [5.74, 6) is -1.52. The highest BCUT2D eigenvalue weighted by atomic mass is 19.4. The number of ether oxygens (including phenoxy) is 2. The quantitative estimate of drug-likeness (QED) is 0.570. The van der Waals surface area contributed by atoms with E-state index >= 15 is 0 Å². The van der Waals surface area contributed by atoms with Gasteiger partial charge in [0.2, 0.25) is 5.76 Å². The molecule has 0 saturated carbocycles. The van der Waals surface area contributed by atoms with E-state index in [0.717, 1.165) is 11.3 Å². The third kappa shape index (κ3) is 4.96. The molecule has 0 radical (unpaired) electrons. The number of aryl methyl sites for hydroxylation is 3. The molecule has 186 valence electrons. The lowest BCUT2D eigenvalue weighted by molar-refractivity contribution is -0.137. The average molecular weight is 490 g/mol. The molecule has 1 N–H and O–H groups in total. The van der Waals surface area contributed by atoms with Crippen molar-refractivity contribution < 1.29 is 31.9 Å². The van der Waals surface area contributed by atoms with Gasteiger partial charge >= 0.3 is 6.18 Å². The number of aromatic nitrogens is 3. The first-order valence-electron chi connectivity index (χ1n) is 11.5. The van der Waals surface area contributed by atoms with Gasteiger partial charge in [-0.15, -0.1) is 0 Å². The number of alkyl halides is 3. The molecule has 1 fully saturated rings. The Morgan fingerprint density at radius 1 is 1.29 bits per heavy atom. The first-order chi connectivity index (χ1) is 16.8. The van der Waals surface area contributed by atoms with Crippen LogP contribution in [0.25, 0.3) is 11.3 Å². The standard InChI is InChI=1S/C24H25F3N4O4/c1-14-4-6-28-16(10-14)5-7-29-23(32)22-20(24(25,26)27)19-18(35-22)3-2-15-11-31(30-21(15)19)12-17-13-33-8-9-34-17/h4,6,10-11,17H,2-3,5,7-9,12-13H2,1H3,(H,29,32)/t17-/m0/s1. The third-order valence-corrected chi connectivity index (χ3v) is 6.08. The number of fused-ring (bicyclic) bond motifs is 3. The van der Waals surface area contributed by atoms with Crippen LogP contribution in [0.1, 0.15) is 38.7 Å². The molecular formula is C24H25F3N4O4. The number of nitrogens with zero attached hydrogens (tertiary/aromatic N) is 3. The zero-order valence-electron chi connectivity index (χ0n) is 19.2. The van der Waals surface area contributed by atoms with Gasteiger partial charge in [0.25, 0.3) is 5.91 Å². The maximum Gasteiger partial charge on any atom is 0.420 e. The lowest BCUT2D eigenvalue weighted by atomic mass is 9.93. The van der Waals surface area contributed by atoms with Crippen LogP contribution < -0.4 is 5.32 Å². The molecule has 3 aromatic heterocycles. The summed E-state index contributed by atoms with van der Waals surface area (Å²) in [5, 5.41) is 6.97. The molecule has 35 heavy (non-hydrogen) atoms. The van der Waals surface area contributed by atoms with Crippen LogP contribution in [0.15, 0.2) is 28.9 Å². The Morgan fingerprint density at radius 3 is 2.89 bits per heavy atom. The monoisotopic (exact) mass is 490 g/mol. The van der Waals surface area contributed by atoms with Crippen molar-refractivity contribution in [2.75, 3.05) is 26.4 Å². The second-order valence-corrected chi connectivity index (χ2v) is 8.73. The van der Waals surface area contributed by atoms with Crippen molar-refractivity contribution in [3.63, 3.8) is 0 Å². The average Bonchev–Trinajstić information content (AvgIpc) is 3.40. The van der Waals surface area contributed by atoms with Crippen LogP contribution in [0, 0.1) is 6.92 Å². The van der Waals surface area contributed by atoms with E-state index in [4.69, 9.17) is 13.9 Å². The van der Waals surface area contributed by atoms with Gasteiger partial charge in [-0.2, -0.15) is 18.3 Å². The smallest absolute Gasteiger partial charge is 0.420 e. The van der Waals surface area contributed by atoms with E-state index in [2.05, 4.69) is 15.4 Å². The molecule has 8 nitrogen and oxygen atoms in total. The van der Waals surface area contributed by atoms with E-state index in [0.29, 0.717) is 44.8 Å². The van der Waals surface area contributed by atoms with Gasteiger partial charge < -0.3 is 19.2 Å². The number of rotatable bonds is 6. The van der Waals surface area contributed by atoms with Crippen molar-refractivity contribution in [1.82, 2.24) is 20.1 Å². The molecule has 11 heteroatoms. The summed E-state index contributed by atoms with van der Waals surface area (Å²) in [5.41, 5.74) is 1.39. The normalized spacial score (nSPS) is 17.7. The molecule has 2 aliphatic rings. The second-order valence-electron chi connectivity index (χ2n) is 8.73. The van der Waals surface area contributed by atoms with Crippen LogP contribution in [-0.4, -0.2) is 53.1 Å². The SMILES string of the molecule is Cc1ccnc(CCNC(=O)c2oc3c(c2C(F)(F)F)-c2nn(C[C@H]4COCCO4)cc2CC3)c1. The van der Waals surface area contributed by atoms with Crippen LogP contribution in [0.2, 0.25) is 0 Å². The van der Waals surface area contributed by atoms with Gasteiger partial charge in [-0.3, -0.25) is 14.5 Å². The van der Waals surface area contributed by atoms with Gasteiger partial charge in [-0.25, -0.2) is 0 Å². The van der Waals surface area contributed by atoms with E-state index in [1.807, 2.05) is 19.1 Å². The number of hydrogen-bond donors (Lipinski definition) is 1. The molecule has 1 aliphatic heterocycles. The van der Waals surface area contributed by atoms with E-state index in [1.54, 1.807) is 17.1 Å². The van der Waals surface area contributed by atoms with Crippen LogP contribution in [-0.2, 0) is 41.5 Å². The number of amides is 1. The van der Waals surface area contributed by atoms with E-state index in [-0.39, 0.29) is 36.1 Å². The molecule has 0 aromatic carbocycles. The molecule has 1 saturated heterocycles. The summed E-state index contributed by atoms with van der Waals surface area (Å²) in [6, 6.07) is 3.71. The summed E-state index contributed by atoms with van der Waals surface area (Å²) >= 11 is 0. The van der Waals surface area contributed by atoms with Crippen LogP contribution in [0.5, 0.6) is 0 Å². The molecule has 1 aliphatic carbocycles. The van der Waals surface area contributed by atoms with Gasteiger partial charge in [0.05, 0.1) is 37.6 Å². The van der Waals surface area contributed by atoms with Crippen molar-refractivity contribution >= 4 is 5.91 Å². The molecule has 4 heterocycles. The van der Waals surface area contributed by atoms with Gasteiger partial charge in [-0.1, -0.05) is 0 Å². The second kappa shape index (κ2) is 9.46. The Morgan fingerprint density at radius 2 is 2.14 bits per heavy atom. The molecule has 5 rings (SSSR count). The van der Waals surface area contributed by atoms with Gasteiger partial charge in [0.15, 0.2) is 0 Å². The molecule has 0 unspecified atom stereocenters. The van der Waals surface area contributed by atoms with Crippen molar-refractivity contribution in [2.45, 2.75) is 45.0 Å². The minimum atomic E-state index is -4.79. The first-order valence-corrected chi connectivity index (χ1v) is 11.5. The Hall–Kier alpha value is -3.18. The maximum absolute atomic E-state index is 14.2. The molecule has 1 amide bonds. The Kier molecular flexibility index (Phi) is 6.37. The summed E-state index contributed by atoms with van der Waals surface area (Å²) in [4.78, 5) is 17.0. The highest BCUT2D eigenvalue weighted by molar-refractivity contribution is 5.96. The molecule has 3 aromatic rings. The summed E-state index contributed by atoms with van der Waals surface area (Å²) in [6.07, 6.45) is -0.523. The predicted molar refractivity (Wildman–Crippen MR) is 118 cm³/mol. The fourth-order valence-electron chi connectivity index (χ4n) is 4.50. The summed E-state index contributed by atoms with van der Waals surface area (Å²) in [6.45, 7) is 3.79. The Balaban J connectivity index is 1.40. The topological polar surface area (TPSA) is 91.4 Å². The minimum absolute atomic E-state index is 0.123. The number of hydrogen-bond acceptors (Lipinski definition) is 6. The molecular weight excluding hydrogens is 465 g/mol. The van der Waals surface area contributed by atoms with Gasteiger partial charge in [0, 0.05) is 37.5 Å². The van der Waals surface area contributed by atoms with E-state index in [1.165, 1.54) is 0 Å². The zero-order chi connectivity index (χ0) is 24.6. The van der Waals surface area contributed by atoms with Gasteiger partial charge in [-0.05, 0) is 36.6 Å². The van der Waals surface area contributed by atoms with Crippen LogP contribution >= 0.6 is 0 Å². The lowest BCUT2D eigenvalue weighted by Crippen LogP contribution is -2.32. The van der Waals surface area contributed by atoms with E-state index < -0.39 is 23.4 Å². The summed E-state index contributed by atoms with van der Waals surface area (Å²) in [7, 11) is 0. The summed E-state index contributed by atoms with van der Waals surface area (Å²) < 4.78 is 60.8. The fourth-order valence-corrected chi connectivity index (χ4v) is 4.50. The lowest BCUT2D eigenvalue weighted by Gasteiger charge is -2.22. The zero-order valence-corrected chi connectivity index (χ0v) is 19.2. The Bertz CT molecular complexity index is 1230. The van der Waals surface area contributed by atoms with Crippen molar-refractivity contribution in [3.8, 4) is 11.3 Å². The fraction of sp³-hybridized carbons (Fsp3) is 0.458. The minimum Gasteiger partial charge on any atom is -0.455 e. The van der Waals surface area contributed by atoms with Crippen molar-refractivity contribution in [1.29, 1.82) is 0 Å². The molecule has 0 spiro atoms. The van der Waals surface area contributed by atoms with Crippen molar-refractivity contribution in [3.05, 3.63) is 58.4 Å². The highest BCUT2D eigenvalue weighted by Crippen LogP contribution is 2.46. The number of carbonyl (C=O) groups excluding carboxylic acids is 1. The number of halogens is 3. The Labute approximate surface area is 199 Å². The van der Waals surface area contributed by atoms with Crippen LogP contribution in [0.4, 0.5) is 13.2 Å². The van der Waals surface area contributed by atoms with Gasteiger partial charge in [0.1, 0.15) is 17.4 Å². The number of carbonyl (C=O) groups is 1. The van der Waals surface area contributed by atoms with Crippen molar-refractivity contribution in [2.24, 2.45) is 0 Å². The van der Waals surface area contributed by atoms with Crippen LogP contribution in [0.3, 0.4) is 0 Å². The first kappa shape index (κ1) is 23.6. The molecule has 0 bridgehead atoms. The largest absolute Gasteiger partial charge is 0.455 e. The number of pyridine rings is 1. The third-order valence-electron chi connectivity index (χ3n) is 6.08. The number of nitrogens with one attached hydrogen (secondary N) is 1. The number of furan rings is 1.